The van der Waals surface area contributed by atoms with Crippen LogP contribution in [0, 0.1) is 0 Å². The van der Waals surface area contributed by atoms with Crippen LogP contribution in [0.4, 0.5) is 0 Å². The van der Waals surface area contributed by atoms with Gasteiger partial charge >= 0.3 is 0 Å². The fraction of sp³-hybridized carbons (Fsp3) is 0.455. The molecule has 0 radical (unpaired) electrons. The minimum absolute atomic E-state index is 0.129. The van der Waals surface area contributed by atoms with Crippen molar-refractivity contribution in [3.63, 3.8) is 0 Å². The summed E-state index contributed by atoms with van der Waals surface area (Å²) in [6, 6.07) is 19.4. The quantitative estimate of drug-likeness (QED) is 0.794. The molecule has 2 aromatic carbocycles. The minimum Gasteiger partial charge on any atom is -0.297 e. The van der Waals surface area contributed by atoms with Crippen LogP contribution in [0.2, 0.25) is 0 Å². The van der Waals surface area contributed by atoms with E-state index < -0.39 is 9.84 Å². The van der Waals surface area contributed by atoms with E-state index >= 15 is 0 Å². The van der Waals surface area contributed by atoms with Crippen molar-refractivity contribution < 1.29 is 8.42 Å². The summed E-state index contributed by atoms with van der Waals surface area (Å²) < 4.78 is 24.6. The van der Waals surface area contributed by atoms with Crippen LogP contribution < -0.4 is 0 Å². The average Bonchev–Trinajstić information content (AvgIpc) is 3.01. The number of fused-ring (bicyclic) bond motifs is 1. The molecule has 0 spiro atoms. The lowest BCUT2D eigenvalue weighted by atomic mass is 10.0. The van der Waals surface area contributed by atoms with E-state index in [0.717, 1.165) is 32.6 Å². The second-order valence-electron chi connectivity index (χ2n) is 7.78. The first-order chi connectivity index (χ1) is 13.1. The Labute approximate surface area is 162 Å². The van der Waals surface area contributed by atoms with Crippen LogP contribution >= 0.6 is 0 Å². The Hall–Kier alpha value is -1.69. The molecule has 2 aromatic rings. The summed E-state index contributed by atoms with van der Waals surface area (Å²) in [5, 5.41) is 0. The summed E-state index contributed by atoms with van der Waals surface area (Å²) >= 11 is 0. The Morgan fingerprint density at radius 2 is 1.44 bits per heavy atom. The van der Waals surface area contributed by atoms with E-state index in [9.17, 15) is 8.42 Å². The molecule has 0 bridgehead atoms. The standard InChI is InChI=1S/C22H28N2O2S/c1-2-12-23-13-14-24(22-17-27(25,26)16-21(22)23)15-18-8-10-20(11-9-18)19-6-4-3-5-7-19/h3-11,21-22H,2,12-17H2,1H3/t21-,22+/m1/s1. The molecule has 0 unspecified atom stereocenters. The van der Waals surface area contributed by atoms with E-state index in [4.69, 9.17) is 0 Å². The smallest absolute Gasteiger partial charge is 0.153 e. The van der Waals surface area contributed by atoms with Crippen LogP contribution in [0.1, 0.15) is 18.9 Å². The Kier molecular flexibility index (Phi) is 5.35. The summed E-state index contributed by atoms with van der Waals surface area (Å²) in [7, 11) is -2.93. The SMILES string of the molecule is CCCN1CCN(Cc2ccc(-c3ccccc3)cc2)[C@H]2CS(=O)(=O)C[C@H]21. The van der Waals surface area contributed by atoms with Crippen molar-refractivity contribution in [2.45, 2.75) is 32.0 Å². The first kappa shape index (κ1) is 18.7. The van der Waals surface area contributed by atoms with Gasteiger partial charge in [-0.25, -0.2) is 8.42 Å². The molecule has 0 aliphatic carbocycles. The summed E-state index contributed by atoms with van der Waals surface area (Å²) in [5.74, 6) is 0.626. The lowest BCUT2D eigenvalue weighted by molar-refractivity contribution is 0.0405. The van der Waals surface area contributed by atoms with E-state index in [-0.39, 0.29) is 12.1 Å². The van der Waals surface area contributed by atoms with Crippen molar-refractivity contribution in [1.29, 1.82) is 0 Å². The Bertz CT molecular complexity index is 865. The van der Waals surface area contributed by atoms with Crippen molar-refractivity contribution in [2.24, 2.45) is 0 Å². The van der Waals surface area contributed by atoms with Gasteiger partial charge in [0.25, 0.3) is 0 Å². The van der Waals surface area contributed by atoms with Gasteiger partial charge in [0.05, 0.1) is 11.5 Å². The van der Waals surface area contributed by atoms with Crippen LogP contribution in [-0.2, 0) is 16.4 Å². The highest BCUT2D eigenvalue weighted by Gasteiger charge is 2.46. The van der Waals surface area contributed by atoms with Gasteiger partial charge in [0.2, 0.25) is 0 Å². The lowest BCUT2D eigenvalue weighted by Crippen LogP contribution is -2.58. The highest BCUT2D eigenvalue weighted by Crippen LogP contribution is 2.29. The molecule has 4 nitrogen and oxygen atoms in total. The van der Waals surface area contributed by atoms with Crippen molar-refractivity contribution in [1.82, 2.24) is 9.80 Å². The summed E-state index contributed by atoms with van der Waals surface area (Å²) in [4.78, 5) is 4.78. The molecule has 0 amide bonds. The van der Waals surface area contributed by atoms with Gasteiger partial charge < -0.3 is 0 Å². The monoisotopic (exact) mass is 384 g/mol. The molecule has 0 N–H and O–H groups in total. The molecule has 144 valence electrons. The highest BCUT2D eigenvalue weighted by atomic mass is 32.2. The number of sulfone groups is 1. The minimum atomic E-state index is -2.93. The highest BCUT2D eigenvalue weighted by molar-refractivity contribution is 7.91. The fourth-order valence-corrected chi connectivity index (χ4v) is 6.57. The lowest BCUT2D eigenvalue weighted by Gasteiger charge is -2.44. The number of rotatable bonds is 5. The predicted octanol–water partition coefficient (Wildman–Crippen LogP) is 3.05. The molecule has 2 saturated heterocycles. The summed E-state index contributed by atoms with van der Waals surface area (Å²) in [5.41, 5.74) is 3.69. The molecule has 0 aromatic heterocycles. The molecule has 2 fully saturated rings. The molecule has 2 atom stereocenters. The molecular formula is C22H28N2O2S. The third kappa shape index (κ3) is 4.10. The molecule has 4 rings (SSSR count). The first-order valence-electron chi connectivity index (χ1n) is 9.88. The molecular weight excluding hydrogens is 356 g/mol. The van der Waals surface area contributed by atoms with Gasteiger partial charge in [0.15, 0.2) is 9.84 Å². The van der Waals surface area contributed by atoms with Crippen molar-refractivity contribution in [3.8, 4) is 11.1 Å². The third-order valence-electron chi connectivity index (χ3n) is 5.86. The largest absolute Gasteiger partial charge is 0.297 e. The number of benzene rings is 2. The Morgan fingerprint density at radius 3 is 2.11 bits per heavy atom. The van der Waals surface area contributed by atoms with Gasteiger partial charge in [0, 0.05) is 31.7 Å². The summed E-state index contributed by atoms with van der Waals surface area (Å²) in [6.07, 6.45) is 1.07. The molecule has 2 heterocycles. The van der Waals surface area contributed by atoms with E-state index in [0.29, 0.717) is 11.5 Å². The molecule has 2 aliphatic rings. The van der Waals surface area contributed by atoms with Gasteiger partial charge in [-0.3, -0.25) is 9.80 Å². The van der Waals surface area contributed by atoms with Crippen LogP contribution in [0.15, 0.2) is 54.6 Å². The predicted molar refractivity (Wildman–Crippen MR) is 110 cm³/mol. The van der Waals surface area contributed by atoms with E-state index in [1.54, 1.807) is 0 Å². The zero-order chi connectivity index (χ0) is 18.9. The maximum Gasteiger partial charge on any atom is 0.153 e. The van der Waals surface area contributed by atoms with Crippen LogP contribution in [0.5, 0.6) is 0 Å². The number of nitrogens with zero attached hydrogens (tertiary/aromatic N) is 2. The van der Waals surface area contributed by atoms with Crippen LogP contribution in [0.3, 0.4) is 0 Å². The van der Waals surface area contributed by atoms with Gasteiger partial charge in [-0.2, -0.15) is 0 Å². The van der Waals surface area contributed by atoms with E-state index in [1.165, 1.54) is 16.7 Å². The Balaban J connectivity index is 1.49. The number of piperazine rings is 1. The zero-order valence-electron chi connectivity index (χ0n) is 15.9. The topological polar surface area (TPSA) is 40.6 Å². The average molecular weight is 385 g/mol. The van der Waals surface area contributed by atoms with Crippen LogP contribution in [-0.4, -0.2) is 61.4 Å². The molecule has 27 heavy (non-hydrogen) atoms. The summed E-state index contributed by atoms with van der Waals surface area (Å²) in [6.45, 7) is 5.89. The van der Waals surface area contributed by atoms with E-state index in [2.05, 4.69) is 65.3 Å². The van der Waals surface area contributed by atoms with Crippen LogP contribution in [0.25, 0.3) is 11.1 Å². The fourth-order valence-electron chi connectivity index (χ4n) is 4.53. The van der Waals surface area contributed by atoms with E-state index in [1.807, 2.05) is 6.07 Å². The Morgan fingerprint density at radius 1 is 0.852 bits per heavy atom. The molecule has 5 heteroatoms. The first-order valence-corrected chi connectivity index (χ1v) is 11.7. The molecule has 0 saturated carbocycles. The van der Waals surface area contributed by atoms with Gasteiger partial charge in [-0.15, -0.1) is 0 Å². The second-order valence-corrected chi connectivity index (χ2v) is 9.93. The van der Waals surface area contributed by atoms with Crippen molar-refractivity contribution in [3.05, 3.63) is 60.2 Å². The second kappa shape index (κ2) is 7.74. The van der Waals surface area contributed by atoms with Gasteiger partial charge in [-0.05, 0) is 29.7 Å². The number of hydrogen-bond donors (Lipinski definition) is 0. The molecule has 2 aliphatic heterocycles. The number of hydrogen-bond acceptors (Lipinski definition) is 4. The normalized spacial score (nSPS) is 25.4. The van der Waals surface area contributed by atoms with Crippen molar-refractivity contribution in [2.75, 3.05) is 31.1 Å². The maximum absolute atomic E-state index is 12.3. The van der Waals surface area contributed by atoms with Crippen molar-refractivity contribution >= 4 is 9.84 Å². The van der Waals surface area contributed by atoms with Gasteiger partial charge in [0.1, 0.15) is 0 Å². The van der Waals surface area contributed by atoms with Gasteiger partial charge in [-0.1, -0.05) is 61.5 Å². The third-order valence-corrected chi connectivity index (χ3v) is 7.56. The zero-order valence-corrected chi connectivity index (χ0v) is 16.7. The maximum atomic E-state index is 12.3.